The van der Waals surface area contributed by atoms with Gasteiger partial charge in [0.1, 0.15) is 12.6 Å². The molecule has 1 saturated heterocycles. The molecule has 1 aliphatic rings. The number of Topliss-reactive ketones (excluding diaryl/α,β-unsaturated/α-hetero) is 1. The Hall–Kier alpha value is -2.73. The maximum absolute atomic E-state index is 13.2. The van der Waals surface area contributed by atoms with E-state index < -0.39 is 42.4 Å². The number of ether oxygens (including phenoxy) is 1. The average Bonchev–Trinajstić information content (AvgIpc) is 3.29. The van der Waals surface area contributed by atoms with Gasteiger partial charge in [-0.3, -0.25) is 19.2 Å². The van der Waals surface area contributed by atoms with E-state index in [0.717, 1.165) is 0 Å². The third kappa shape index (κ3) is 9.92. The quantitative estimate of drug-likeness (QED) is 0.276. The van der Waals surface area contributed by atoms with Crippen molar-refractivity contribution in [2.75, 3.05) is 19.7 Å². The molecule has 2 radical (unpaired) electrons. The molecular weight excluding hydrogens is 480 g/mol. The molecule has 210 valence electrons. The van der Waals surface area contributed by atoms with Gasteiger partial charge in [0.2, 0.25) is 5.91 Å². The van der Waals surface area contributed by atoms with Crippen LogP contribution in [0.25, 0.3) is 0 Å². The second kappa shape index (κ2) is 14.9. The number of amides is 5. The van der Waals surface area contributed by atoms with Crippen LogP contribution in [0.15, 0.2) is 0 Å². The number of nitrogens with one attached hydrogen (secondary N) is 3. The third-order valence-corrected chi connectivity index (χ3v) is 5.64. The molecule has 0 saturated carbocycles. The van der Waals surface area contributed by atoms with E-state index in [1.54, 1.807) is 34.2 Å². The van der Waals surface area contributed by atoms with Gasteiger partial charge in [-0.25, -0.2) is 14.8 Å². The Morgan fingerprint density at radius 2 is 1.57 bits per heavy atom. The van der Waals surface area contributed by atoms with Gasteiger partial charge in [-0.05, 0) is 38.0 Å². The molecule has 37 heavy (non-hydrogen) atoms. The highest BCUT2D eigenvalue weighted by Gasteiger charge is 2.37. The Kier molecular flexibility index (Phi) is 13.0. The molecule has 0 aliphatic carbocycles. The summed E-state index contributed by atoms with van der Waals surface area (Å²) >= 11 is 0. The molecule has 0 aromatic heterocycles. The number of rotatable bonds is 13. The van der Waals surface area contributed by atoms with Crippen LogP contribution in [-0.4, -0.2) is 77.4 Å². The monoisotopic (exact) mass is 524 g/mol. The van der Waals surface area contributed by atoms with Gasteiger partial charge < -0.3 is 26.4 Å². The fourth-order valence-electron chi connectivity index (χ4n) is 3.49. The lowest BCUT2D eigenvalue weighted by molar-refractivity contribution is -0.144. The van der Waals surface area contributed by atoms with E-state index in [0.29, 0.717) is 13.0 Å². The minimum atomic E-state index is -0.912. The first-order chi connectivity index (χ1) is 17.2. The number of hydrogen-bond donors (Lipinski definition) is 4. The molecule has 0 unspecified atom stereocenters. The molecule has 12 heteroatoms. The van der Waals surface area contributed by atoms with Crippen molar-refractivity contribution >= 4 is 29.5 Å². The van der Waals surface area contributed by atoms with E-state index in [-0.39, 0.29) is 42.3 Å². The maximum Gasteiger partial charge on any atom is 0.336 e. The first-order valence-corrected chi connectivity index (χ1v) is 12.8. The van der Waals surface area contributed by atoms with E-state index in [2.05, 4.69) is 16.0 Å². The highest BCUT2D eigenvalue weighted by Crippen LogP contribution is 2.19. The molecule has 0 spiro atoms. The second-order valence-corrected chi connectivity index (χ2v) is 10.4. The zero-order valence-electron chi connectivity index (χ0n) is 23.3. The average molecular weight is 525 g/mol. The van der Waals surface area contributed by atoms with Crippen molar-refractivity contribution in [2.24, 2.45) is 23.5 Å². The maximum atomic E-state index is 13.2. The smallest absolute Gasteiger partial charge is 0.336 e. The standard InChI is InChI=1S/C25H44N6O6/c1-14(2)20(26)18(32)13-37-22(16(5)6)23(34)27-12-19(33)29-21(15(3)4)24(35)30-10-9-11-31(30)25(36)28-17(7)8/h11,14-17,20-21H,9-10,12-13,26H2,1-8H3,(H,27,34)(H,28,36)(H,29,33)/t20-,21-/m0/s1. The Bertz CT molecular complexity index is 815. The molecule has 1 heterocycles. The lowest BCUT2D eigenvalue weighted by Crippen LogP contribution is -2.57. The molecule has 0 aromatic carbocycles. The molecule has 1 rings (SSSR count). The molecule has 0 aromatic rings. The summed E-state index contributed by atoms with van der Waals surface area (Å²) < 4.78 is 5.45. The van der Waals surface area contributed by atoms with Gasteiger partial charge in [0, 0.05) is 12.6 Å². The predicted octanol–water partition coefficient (Wildman–Crippen LogP) is 0.729. The molecule has 0 bridgehead atoms. The predicted molar refractivity (Wildman–Crippen MR) is 138 cm³/mol. The number of nitrogens with zero attached hydrogens (tertiary/aromatic N) is 2. The van der Waals surface area contributed by atoms with Crippen LogP contribution in [0.3, 0.4) is 0 Å². The summed E-state index contributed by atoms with van der Waals surface area (Å²) in [5.41, 5.74) is 5.83. The number of nitrogens with two attached hydrogens (primary N) is 1. The lowest BCUT2D eigenvalue weighted by atomic mass is 10.0. The van der Waals surface area contributed by atoms with Gasteiger partial charge in [0.15, 0.2) is 11.9 Å². The summed E-state index contributed by atoms with van der Waals surface area (Å²) in [5.74, 6) is -2.65. The molecular formula is C25H44N6O6. The van der Waals surface area contributed by atoms with E-state index >= 15 is 0 Å². The van der Waals surface area contributed by atoms with Crippen molar-refractivity contribution in [3.63, 3.8) is 0 Å². The van der Waals surface area contributed by atoms with Crippen LogP contribution in [0.5, 0.6) is 0 Å². The van der Waals surface area contributed by atoms with Gasteiger partial charge in [-0.15, -0.1) is 0 Å². The molecule has 5 amide bonds. The van der Waals surface area contributed by atoms with Crippen molar-refractivity contribution in [1.82, 2.24) is 26.0 Å². The zero-order chi connectivity index (χ0) is 28.4. The summed E-state index contributed by atoms with van der Waals surface area (Å²) in [6, 6.07) is -2.14. The van der Waals surface area contributed by atoms with Crippen molar-refractivity contribution in [3.8, 4) is 0 Å². The summed E-state index contributed by atoms with van der Waals surface area (Å²) in [4.78, 5) is 63.1. The first kappa shape index (κ1) is 32.3. The highest BCUT2D eigenvalue weighted by molar-refractivity contribution is 5.94. The lowest BCUT2D eigenvalue weighted by Gasteiger charge is -2.32. The fraction of sp³-hybridized carbons (Fsp3) is 0.720. The number of hydrazine groups is 1. The van der Waals surface area contributed by atoms with Gasteiger partial charge in [-0.2, -0.15) is 0 Å². The first-order valence-electron chi connectivity index (χ1n) is 12.8. The fourth-order valence-corrected chi connectivity index (χ4v) is 3.49. The Morgan fingerprint density at radius 3 is 2.08 bits per heavy atom. The summed E-state index contributed by atoms with van der Waals surface area (Å²) in [5, 5.41) is 10.4. The van der Waals surface area contributed by atoms with Crippen LogP contribution in [0.1, 0.15) is 61.8 Å². The van der Waals surface area contributed by atoms with Gasteiger partial charge in [-0.1, -0.05) is 41.5 Å². The zero-order valence-corrected chi connectivity index (χ0v) is 23.3. The molecule has 12 nitrogen and oxygen atoms in total. The molecule has 1 aliphatic heterocycles. The van der Waals surface area contributed by atoms with Crippen LogP contribution in [0.4, 0.5) is 4.79 Å². The topological polar surface area (TPSA) is 163 Å². The van der Waals surface area contributed by atoms with Crippen molar-refractivity contribution < 1.29 is 28.7 Å². The van der Waals surface area contributed by atoms with Crippen LogP contribution in [0, 0.1) is 30.4 Å². The molecule has 5 N–H and O–H groups in total. The minimum Gasteiger partial charge on any atom is -0.353 e. The largest absolute Gasteiger partial charge is 0.353 e. The van der Waals surface area contributed by atoms with Crippen LogP contribution in [0.2, 0.25) is 0 Å². The number of carbonyl (C=O) groups is 5. The summed E-state index contributed by atoms with van der Waals surface area (Å²) in [6.07, 6.45) is 0.512. The Balaban J connectivity index is 2.74. The Morgan fingerprint density at radius 1 is 0.946 bits per heavy atom. The second-order valence-electron chi connectivity index (χ2n) is 10.4. The number of urea groups is 1. The Labute approximate surface area is 220 Å². The van der Waals surface area contributed by atoms with E-state index in [4.69, 9.17) is 10.5 Å². The molecule has 2 atom stereocenters. The SMILES string of the molecule is CC(C)NC(=O)N1[CH]CCN1C(=O)[C@@H](NC(=O)CNC(=O)[C](OCC(=O)[C@@H](N)C(C)C)C(C)C)C(C)C. The van der Waals surface area contributed by atoms with Crippen molar-refractivity contribution in [2.45, 2.75) is 79.9 Å². The van der Waals surface area contributed by atoms with E-state index in [9.17, 15) is 24.0 Å². The third-order valence-electron chi connectivity index (χ3n) is 5.64. The van der Waals surface area contributed by atoms with Crippen LogP contribution >= 0.6 is 0 Å². The number of carbonyl (C=O) groups excluding carboxylic acids is 5. The van der Waals surface area contributed by atoms with Gasteiger partial charge >= 0.3 is 6.03 Å². The van der Waals surface area contributed by atoms with E-state index in [1.165, 1.54) is 10.0 Å². The van der Waals surface area contributed by atoms with Gasteiger partial charge in [0.25, 0.3) is 11.8 Å². The molecule has 1 fully saturated rings. The van der Waals surface area contributed by atoms with Gasteiger partial charge in [0.05, 0.1) is 19.1 Å². The number of hydrogen-bond acceptors (Lipinski definition) is 7. The highest BCUT2D eigenvalue weighted by atomic mass is 16.5. The summed E-state index contributed by atoms with van der Waals surface area (Å²) in [6.45, 7) is 15.4. The van der Waals surface area contributed by atoms with Crippen molar-refractivity contribution in [3.05, 3.63) is 12.6 Å². The van der Waals surface area contributed by atoms with E-state index in [1.807, 2.05) is 27.7 Å². The van der Waals surface area contributed by atoms with Crippen LogP contribution < -0.4 is 21.7 Å². The van der Waals surface area contributed by atoms with Crippen molar-refractivity contribution in [1.29, 1.82) is 0 Å². The van der Waals surface area contributed by atoms with Crippen LogP contribution in [-0.2, 0) is 23.9 Å². The summed E-state index contributed by atoms with van der Waals surface area (Å²) in [7, 11) is 0. The normalized spacial score (nSPS) is 15.5. The number of ketones is 1. The minimum absolute atomic E-state index is 0.00741.